The number of imidazole rings is 1. The molecule has 0 saturated carbocycles. The van der Waals surface area contributed by atoms with Crippen LogP contribution < -0.4 is 5.73 Å². The maximum Gasteiger partial charge on any atom is 0.160 e. The Balaban J connectivity index is 2.58. The number of aliphatic hydroxyl groups is 1. The highest BCUT2D eigenvalue weighted by Crippen LogP contribution is 2.22. The maximum absolute atomic E-state index is 8.91. The summed E-state index contributed by atoms with van der Waals surface area (Å²) in [4.78, 5) is 8.74. The molecule has 0 spiro atoms. The van der Waals surface area contributed by atoms with Crippen molar-refractivity contribution in [3.63, 3.8) is 0 Å². The zero-order chi connectivity index (χ0) is 11.7. The predicted molar refractivity (Wildman–Crippen MR) is 61.9 cm³/mol. The highest BCUT2D eigenvalue weighted by molar-refractivity contribution is 5.76. The molecule has 0 bridgehead atoms. The quantitative estimate of drug-likeness (QED) is 0.796. The fraction of sp³-hybridized carbons (Fsp3) is 0.455. The molecule has 0 amide bonds. The first kappa shape index (κ1) is 11.0. The van der Waals surface area contributed by atoms with Crippen molar-refractivity contribution in [2.45, 2.75) is 19.4 Å². The number of nitrogens with two attached hydrogens (primary N) is 1. The van der Waals surface area contributed by atoms with Gasteiger partial charge < -0.3 is 15.4 Å². The highest BCUT2D eigenvalue weighted by Gasteiger charge is 2.14. The van der Waals surface area contributed by atoms with E-state index in [1.54, 1.807) is 6.20 Å². The van der Waals surface area contributed by atoms with E-state index in [9.17, 15) is 0 Å². The molecule has 0 aliphatic carbocycles. The minimum Gasteiger partial charge on any atom is -0.396 e. The van der Waals surface area contributed by atoms with Crippen molar-refractivity contribution in [2.75, 3.05) is 6.61 Å². The number of hydrogen-bond donors (Lipinski definition) is 2. The van der Waals surface area contributed by atoms with Crippen LogP contribution >= 0.6 is 0 Å². The second-order valence-corrected chi connectivity index (χ2v) is 3.91. The SMILES string of the molecule is Cc1nc2c(C(N)CCO)ccnc2n1C. The Labute approximate surface area is 93.9 Å². The molecule has 1 unspecified atom stereocenters. The van der Waals surface area contributed by atoms with Crippen LogP contribution in [0, 0.1) is 6.92 Å². The van der Waals surface area contributed by atoms with Crippen LogP contribution in [0.3, 0.4) is 0 Å². The van der Waals surface area contributed by atoms with Gasteiger partial charge in [-0.2, -0.15) is 0 Å². The second kappa shape index (κ2) is 4.19. The topological polar surface area (TPSA) is 77.0 Å². The van der Waals surface area contributed by atoms with Gasteiger partial charge in [0.15, 0.2) is 5.65 Å². The predicted octanol–water partition coefficient (Wildman–Crippen LogP) is 0.659. The van der Waals surface area contributed by atoms with Gasteiger partial charge in [-0.1, -0.05) is 0 Å². The Morgan fingerprint density at radius 2 is 2.31 bits per heavy atom. The van der Waals surface area contributed by atoms with E-state index in [1.165, 1.54) is 0 Å². The fourth-order valence-electron chi connectivity index (χ4n) is 1.80. The van der Waals surface area contributed by atoms with E-state index in [1.807, 2.05) is 24.6 Å². The molecule has 1 atom stereocenters. The summed E-state index contributed by atoms with van der Waals surface area (Å²) in [7, 11) is 1.93. The van der Waals surface area contributed by atoms with E-state index in [4.69, 9.17) is 10.8 Å². The van der Waals surface area contributed by atoms with Crippen molar-refractivity contribution in [3.05, 3.63) is 23.7 Å². The van der Waals surface area contributed by atoms with Crippen molar-refractivity contribution >= 4 is 11.2 Å². The Bertz CT molecular complexity index is 506. The van der Waals surface area contributed by atoms with Crippen LogP contribution in [0.25, 0.3) is 11.2 Å². The maximum atomic E-state index is 8.91. The summed E-state index contributed by atoms with van der Waals surface area (Å²) in [5.41, 5.74) is 8.61. The number of pyridine rings is 1. The lowest BCUT2D eigenvalue weighted by molar-refractivity contribution is 0.277. The first-order valence-corrected chi connectivity index (χ1v) is 5.29. The van der Waals surface area contributed by atoms with Crippen LogP contribution in [0.4, 0.5) is 0 Å². The average molecular weight is 220 g/mol. The molecule has 3 N–H and O–H groups in total. The summed E-state index contributed by atoms with van der Waals surface area (Å²) in [6.07, 6.45) is 2.27. The Hall–Kier alpha value is -1.46. The minimum atomic E-state index is -0.190. The van der Waals surface area contributed by atoms with Gasteiger partial charge in [0.2, 0.25) is 0 Å². The summed E-state index contributed by atoms with van der Waals surface area (Å²) in [5, 5.41) is 8.91. The lowest BCUT2D eigenvalue weighted by Crippen LogP contribution is -2.12. The third-order valence-corrected chi connectivity index (χ3v) is 2.85. The largest absolute Gasteiger partial charge is 0.396 e. The summed E-state index contributed by atoms with van der Waals surface area (Å²) in [6.45, 7) is 2.01. The average Bonchev–Trinajstić information content (AvgIpc) is 2.55. The molecule has 5 nitrogen and oxygen atoms in total. The molecule has 0 aromatic carbocycles. The smallest absolute Gasteiger partial charge is 0.160 e. The summed E-state index contributed by atoms with van der Waals surface area (Å²) in [5.74, 6) is 0.908. The standard InChI is InChI=1S/C11H16N4O/c1-7-14-10-8(9(12)4-6-16)3-5-13-11(10)15(7)2/h3,5,9,16H,4,6,12H2,1-2H3. The molecule has 86 valence electrons. The number of fused-ring (bicyclic) bond motifs is 1. The van der Waals surface area contributed by atoms with E-state index in [2.05, 4.69) is 9.97 Å². The molecule has 2 heterocycles. The van der Waals surface area contributed by atoms with Gasteiger partial charge in [0, 0.05) is 25.9 Å². The van der Waals surface area contributed by atoms with E-state index in [0.717, 1.165) is 22.6 Å². The molecule has 0 saturated heterocycles. The van der Waals surface area contributed by atoms with Gasteiger partial charge in [0.05, 0.1) is 0 Å². The molecule has 5 heteroatoms. The fourth-order valence-corrected chi connectivity index (χ4v) is 1.80. The highest BCUT2D eigenvalue weighted by atomic mass is 16.3. The molecule has 0 fully saturated rings. The molecular weight excluding hydrogens is 204 g/mol. The summed E-state index contributed by atoms with van der Waals surface area (Å²) < 4.78 is 1.94. The van der Waals surface area contributed by atoms with E-state index >= 15 is 0 Å². The zero-order valence-electron chi connectivity index (χ0n) is 9.51. The second-order valence-electron chi connectivity index (χ2n) is 3.91. The van der Waals surface area contributed by atoms with Crippen LogP contribution in [0.5, 0.6) is 0 Å². The Morgan fingerprint density at radius 1 is 1.56 bits per heavy atom. The number of aromatic nitrogens is 3. The number of aliphatic hydroxyl groups excluding tert-OH is 1. The summed E-state index contributed by atoms with van der Waals surface area (Å²) in [6, 6.07) is 1.68. The Morgan fingerprint density at radius 3 is 3.00 bits per heavy atom. The Kier molecular flexibility index (Phi) is 2.89. The molecule has 2 rings (SSSR count). The van der Waals surface area contributed by atoms with Crippen molar-refractivity contribution in [1.29, 1.82) is 0 Å². The molecule has 16 heavy (non-hydrogen) atoms. The molecule has 2 aromatic rings. The number of aryl methyl sites for hydroxylation is 2. The van der Waals surface area contributed by atoms with Crippen molar-refractivity contribution in [3.8, 4) is 0 Å². The van der Waals surface area contributed by atoms with E-state index < -0.39 is 0 Å². The normalized spacial score (nSPS) is 13.2. The van der Waals surface area contributed by atoms with Gasteiger partial charge in [0.25, 0.3) is 0 Å². The molecule has 2 aromatic heterocycles. The van der Waals surface area contributed by atoms with Crippen LogP contribution in [0.1, 0.15) is 23.9 Å². The number of rotatable bonds is 3. The van der Waals surface area contributed by atoms with Gasteiger partial charge in [-0.15, -0.1) is 0 Å². The van der Waals surface area contributed by atoms with Crippen LogP contribution in [-0.4, -0.2) is 26.2 Å². The van der Waals surface area contributed by atoms with Crippen LogP contribution in [0.15, 0.2) is 12.3 Å². The molecular formula is C11H16N4O. The first-order valence-electron chi connectivity index (χ1n) is 5.29. The molecule has 0 aliphatic rings. The zero-order valence-corrected chi connectivity index (χ0v) is 9.51. The van der Waals surface area contributed by atoms with Gasteiger partial charge in [-0.25, -0.2) is 9.97 Å². The third-order valence-electron chi connectivity index (χ3n) is 2.85. The lowest BCUT2D eigenvalue weighted by atomic mass is 10.1. The number of nitrogens with zero attached hydrogens (tertiary/aromatic N) is 3. The lowest BCUT2D eigenvalue weighted by Gasteiger charge is -2.10. The van der Waals surface area contributed by atoms with Crippen molar-refractivity contribution < 1.29 is 5.11 Å². The van der Waals surface area contributed by atoms with Crippen LogP contribution in [-0.2, 0) is 7.05 Å². The van der Waals surface area contributed by atoms with Crippen molar-refractivity contribution in [2.24, 2.45) is 12.8 Å². The third kappa shape index (κ3) is 1.68. The molecule has 0 aliphatic heterocycles. The van der Waals surface area contributed by atoms with Gasteiger partial charge in [-0.3, -0.25) is 0 Å². The monoisotopic (exact) mass is 220 g/mol. The van der Waals surface area contributed by atoms with Gasteiger partial charge in [0.1, 0.15) is 11.3 Å². The molecule has 0 radical (unpaired) electrons. The van der Waals surface area contributed by atoms with Gasteiger partial charge in [-0.05, 0) is 25.0 Å². The van der Waals surface area contributed by atoms with Gasteiger partial charge >= 0.3 is 0 Å². The number of hydrogen-bond acceptors (Lipinski definition) is 4. The van der Waals surface area contributed by atoms with E-state index in [0.29, 0.717) is 6.42 Å². The van der Waals surface area contributed by atoms with Crippen molar-refractivity contribution in [1.82, 2.24) is 14.5 Å². The summed E-state index contributed by atoms with van der Waals surface area (Å²) >= 11 is 0. The minimum absolute atomic E-state index is 0.0802. The van der Waals surface area contributed by atoms with E-state index in [-0.39, 0.29) is 12.6 Å². The van der Waals surface area contributed by atoms with Crippen LogP contribution in [0.2, 0.25) is 0 Å². The first-order chi connectivity index (χ1) is 7.65.